The lowest BCUT2D eigenvalue weighted by molar-refractivity contribution is -0.274. The second-order valence-electron chi connectivity index (χ2n) is 7.30. The molecule has 196 valence electrons. The summed E-state index contributed by atoms with van der Waals surface area (Å²) in [4.78, 5) is -0.231. The lowest BCUT2D eigenvalue weighted by Crippen LogP contribution is -2.28. The summed E-state index contributed by atoms with van der Waals surface area (Å²) in [7, 11) is -0.951. The van der Waals surface area contributed by atoms with Crippen LogP contribution in [0.2, 0.25) is 0 Å². The highest BCUT2D eigenvalue weighted by Gasteiger charge is 2.31. The van der Waals surface area contributed by atoms with Crippen molar-refractivity contribution in [2.75, 3.05) is 27.4 Å². The first kappa shape index (κ1) is 26.0. The van der Waals surface area contributed by atoms with Crippen LogP contribution >= 0.6 is 0 Å². The molecule has 0 radical (unpaired) electrons. The van der Waals surface area contributed by atoms with Gasteiger partial charge in [-0.3, -0.25) is 0 Å². The summed E-state index contributed by atoms with van der Waals surface area (Å²) in [5.41, 5.74) is 1.12. The van der Waals surface area contributed by atoms with Crippen LogP contribution in [0.4, 0.5) is 13.2 Å². The van der Waals surface area contributed by atoms with Gasteiger partial charge in [0.05, 0.1) is 19.1 Å². The van der Waals surface area contributed by atoms with Crippen LogP contribution < -0.4 is 23.7 Å². The molecule has 11 nitrogen and oxygen atoms in total. The molecule has 2 heterocycles. The minimum Gasteiger partial charge on any atom is -0.493 e. The van der Waals surface area contributed by atoms with Gasteiger partial charge in [0, 0.05) is 18.2 Å². The van der Waals surface area contributed by atoms with Gasteiger partial charge in [0.25, 0.3) is 0 Å². The number of hydrogen-bond acceptors (Lipinski definition) is 9. The number of methoxy groups -OCH3 is 2. The Morgan fingerprint density at radius 3 is 2.35 bits per heavy atom. The molecular formula is C22H20F3N5O6S. The number of sulfonamides is 1. The molecular weight excluding hydrogens is 519 g/mol. The molecule has 0 aliphatic carbocycles. The second kappa shape index (κ2) is 10.5. The molecule has 0 saturated heterocycles. The van der Waals surface area contributed by atoms with Crippen molar-refractivity contribution in [3.63, 3.8) is 0 Å². The number of halogens is 3. The van der Waals surface area contributed by atoms with Gasteiger partial charge in [-0.2, -0.15) is 4.52 Å². The van der Waals surface area contributed by atoms with E-state index in [9.17, 15) is 21.6 Å². The van der Waals surface area contributed by atoms with Gasteiger partial charge in [-0.05, 0) is 48.5 Å². The highest BCUT2D eigenvalue weighted by atomic mass is 32.2. The van der Waals surface area contributed by atoms with Gasteiger partial charge >= 0.3 is 6.36 Å². The average Bonchev–Trinajstić information content (AvgIpc) is 3.29. The van der Waals surface area contributed by atoms with E-state index < -0.39 is 22.1 Å². The first-order valence-corrected chi connectivity index (χ1v) is 12.0. The van der Waals surface area contributed by atoms with Crippen molar-refractivity contribution < 1.29 is 40.5 Å². The third kappa shape index (κ3) is 6.18. The van der Waals surface area contributed by atoms with Crippen molar-refractivity contribution >= 4 is 15.7 Å². The van der Waals surface area contributed by atoms with E-state index in [1.165, 1.54) is 18.7 Å². The molecule has 0 unspecified atom stereocenters. The van der Waals surface area contributed by atoms with Crippen LogP contribution in [-0.4, -0.2) is 62.0 Å². The standard InChI is InChI=1S/C22H20F3N5O6S/c1-33-17-8-3-14(13-18(17)34-2)21-28-27-19-9-10-20(29-30(19)21)35-12-11-26-37(31,32)16-6-4-15(5-7-16)36-22(23,24)25/h3-10,13,26H,11-12H2,1-2H3. The molecule has 2 aromatic carbocycles. The van der Waals surface area contributed by atoms with E-state index in [2.05, 4.69) is 24.8 Å². The number of nitrogens with zero attached hydrogens (tertiary/aromatic N) is 4. The van der Waals surface area contributed by atoms with E-state index in [0.717, 1.165) is 24.3 Å². The molecule has 4 aromatic rings. The number of benzene rings is 2. The van der Waals surface area contributed by atoms with E-state index in [1.807, 2.05) is 0 Å². The maximum Gasteiger partial charge on any atom is 0.573 e. The number of ether oxygens (including phenoxy) is 4. The van der Waals surface area contributed by atoms with Crippen molar-refractivity contribution in [1.82, 2.24) is 24.5 Å². The molecule has 0 atom stereocenters. The Labute approximate surface area is 208 Å². The molecule has 1 N–H and O–H groups in total. The molecule has 0 spiro atoms. The zero-order chi connectivity index (χ0) is 26.6. The van der Waals surface area contributed by atoms with Crippen LogP contribution in [0.1, 0.15) is 0 Å². The highest BCUT2D eigenvalue weighted by molar-refractivity contribution is 7.89. The Hall–Kier alpha value is -4.11. The van der Waals surface area contributed by atoms with Crippen LogP contribution in [-0.2, 0) is 10.0 Å². The topological polar surface area (TPSA) is 126 Å². The lowest BCUT2D eigenvalue weighted by Gasteiger charge is -2.11. The van der Waals surface area contributed by atoms with E-state index >= 15 is 0 Å². The Bertz CT molecular complexity index is 1490. The van der Waals surface area contributed by atoms with Crippen LogP contribution in [0, 0.1) is 0 Å². The van der Waals surface area contributed by atoms with Gasteiger partial charge in [0.15, 0.2) is 23.0 Å². The molecule has 2 aromatic heterocycles. The van der Waals surface area contributed by atoms with E-state index in [0.29, 0.717) is 28.5 Å². The van der Waals surface area contributed by atoms with Crippen molar-refractivity contribution in [2.45, 2.75) is 11.3 Å². The van der Waals surface area contributed by atoms with Crippen LogP contribution in [0.25, 0.3) is 17.0 Å². The van der Waals surface area contributed by atoms with E-state index in [4.69, 9.17) is 14.2 Å². The van der Waals surface area contributed by atoms with Gasteiger partial charge in [0.1, 0.15) is 12.4 Å². The molecule has 15 heteroatoms. The number of hydrogen-bond donors (Lipinski definition) is 1. The number of fused-ring (bicyclic) bond motifs is 1. The molecule has 0 bridgehead atoms. The first-order valence-electron chi connectivity index (χ1n) is 10.5. The predicted molar refractivity (Wildman–Crippen MR) is 123 cm³/mol. The van der Waals surface area contributed by atoms with Crippen molar-refractivity contribution in [3.8, 4) is 34.5 Å². The van der Waals surface area contributed by atoms with Gasteiger partial charge in [0.2, 0.25) is 15.9 Å². The molecule has 0 saturated carbocycles. The third-order valence-corrected chi connectivity index (χ3v) is 6.37. The fourth-order valence-corrected chi connectivity index (χ4v) is 4.25. The van der Waals surface area contributed by atoms with Gasteiger partial charge in [-0.1, -0.05) is 0 Å². The van der Waals surface area contributed by atoms with E-state index in [-0.39, 0.29) is 23.9 Å². The van der Waals surface area contributed by atoms with Gasteiger partial charge in [-0.15, -0.1) is 28.5 Å². The highest BCUT2D eigenvalue weighted by Crippen LogP contribution is 2.31. The fraction of sp³-hybridized carbons (Fsp3) is 0.227. The molecule has 0 amide bonds. The lowest BCUT2D eigenvalue weighted by atomic mass is 10.2. The van der Waals surface area contributed by atoms with Crippen molar-refractivity contribution in [2.24, 2.45) is 0 Å². The fourth-order valence-electron chi connectivity index (χ4n) is 3.24. The Kier molecular flexibility index (Phi) is 7.35. The second-order valence-corrected chi connectivity index (χ2v) is 9.07. The summed E-state index contributed by atoms with van der Waals surface area (Å²) in [5, 5.41) is 12.6. The monoisotopic (exact) mass is 539 g/mol. The SMILES string of the molecule is COc1ccc(-c2nnc3ccc(OCCNS(=O)(=O)c4ccc(OC(F)(F)F)cc4)nn23)cc1OC. The quantitative estimate of drug-likeness (QED) is 0.303. The van der Waals surface area contributed by atoms with Gasteiger partial charge in [-0.25, -0.2) is 13.1 Å². The van der Waals surface area contributed by atoms with Crippen molar-refractivity contribution in [1.29, 1.82) is 0 Å². The molecule has 0 aliphatic heterocycles. The predicted octanol–water partition coefficient (Wildman–Crippen LogP) is 3.06. The summed E-state index contributed by atoms with van der Waals surface area (Å²) in [6.07, 6.45) is -4.87. The maximum absolute atomic E-state index is 12.4. The number of aromatic nitrogens is 4. The largest absolute Gasteiger partial charge is 0.573 e. The third-order valence-electron chi connectivity index (χ3n) is 4.89. The molecule has 0 fully saturated rings. The summed E-state index contributed by atoms with van der Waals surface area (Å²) in [6.45, 7) is -0.214. The summed E-state index contributed by atoms with van der Waals surface area (Å²) < 4.78 is 85.2. The smallest absolute Gasteiger partial charge is 0.493 e. The van der Waals surface area contributed by atoms with E-state index in [1.54, 1.807) is 30.3 Å². The molecule has 37 heavy (non-hydrogen) atoms. The number of nitrogens with one attached hydrogen (secondary N) is 1. The minimum absolute atomic E-state index is 0.0825. The van der Waals surface area contributed by atoms with Crippen LogP contribution in [0.15, 0.2) is 59.5 Å². The Morgan fingerprint density at radius 2 is 1.68 bits per heavy atom. The summed E-state index contributed by atoms with van der Waals surface area (Å²) in [6, 6.07) is 12.2. The Morgan fingerprint density at radius 1 is 0.946 bits per heavy atom. The Balaban J connectivity index is 1.40. The summed E-state index contributed by atoms with van der Waals surface area (Å²) in [5.74, 6) is 1.11. The zero-order valence-corrected chi connectivity index (χ0v) is 20.2. The average molecular weight is 539 g/mol. The zero-order valence-electron chi connectivity index (χ0n) is 19.4. The molecule has 4 rings (SSSR count). The minimum atomic E-state index is -4.87. The maximum atomic E-state index is 12.4. The normalized spacial score (nSPS) is 11.9. The van der Waals surface area contributed by atoms with Crippen molar-refractivity contribution in [3.05, 3.63) is 54.6 Å². The van der Waals surface area contributed by atoms with Gasteiger partial charge < -0.3 is 18.9 Å². The van der Waals surface area contributed by atoms with Crippen LogP contribution in [0.3, 0.4) is 0 Å². The summed E-state index contributed by atoms with van der Waals surface area (Å²) >= 11 is 0. The number of alkyl halides is 3. The first-order chi connectivity index (χ1) is 17.6. The molecule has 0 aliphatic rings. The number of rotatable bonds is 10. The van der Waals surface area contributed by atoms with Crippen LogP contribution in [0.5, 0.6) is 23.1 Å².